The molecule has 1 aromatic carbocycles. The molecule has 0 bridgehead atoms. The number of hydrogen-bond donors (Lipinski definition) is 1. The van der Waals surface area contributed by atoms with E-state index in [1.807, 2.05) is 4.57 Å². The van der Waals surface area contributed by atoms with Crippen LogP contribution in [0.2, 0.25) is 0 Å². The average molecular weight is 325 g/mol. The first kappa shape index (κ1) is 15.3. The third-order valence-corrected chi connectivity index (χ3v) is 4.48. The van der Waals surface area contributed by atoms with Crippen LogP contribution in [0.3, 0.4) is 0 Å². The SMILES string of the molecule is CCOC(=O)Cn1c2c(c3cc(F)ccc31)C[C@H](NCl)CC2. The maximum atomic E-state index is 13.6. The van der Waals surface area contributed by atoms with E-state index in [9.17, 15) is 9.18 Å². The van der Waals surface area contributed by atoms with Crippen molar-refractivity contribution in [3.8, 4) is 0 Å². The van der Waals surface area contributed by atoms with Crippen molar-refractivity contribution in [1.82, 2.24) is 9.40 Å². The van der Waals surface area contributed by atoms with Gasteiger partial charge >= 0.3 is 5.97 Å². The molecule has 0 radical (unpaired) electrons. The average Bonchev–Trinajstić information content (AvgIpc) is 2.80. The molecular formula is C16H18ClFN2O2. The number of esters is 1. The number of aromatic nitrogens is 1. The minimum atomic E-state index is -0.274. The maximum Gasteiger partial charge on any atom is 0.325 e. The molecule has 1 N–H and O–H groups in total. The lowest BCUT2D eigenvalue weighted by atomic mass is 9.92. The molecular weight excluding hydrogens is 307 g/mol. The summed E-state index contributed by atoms with van der Waals surface area (Å²) in [6.07, 6.45) is 2.42. The van der Waals surface area contributed by atoms with E-state index in [1.54, 1.807) is 13.0 Å². The molecule has 0 fully saturated rings. The lowest BCUT2D eigenvalue weighted by Crippen LogP contribution is -2.29. The molecule has 0 saturated heterocycles. The van der Waals surface area contributed by atoms with Crippen LogP contribution in [0.15, 0.2) is 18.2 Å². The monoisotopic (exact) mass is 324 g/mol. The van der Waals surface area contributed by atoms with E-state index in [2.05, 4.69) is 4.84 Å². The molecule has 1 aromatic heterocycles. The Morgan fingerprint density at radius 1 is 1.55 bits per heavy atom. The number of ether oxygens (including phenoxy) is 1. The van der Waals surface area contributed by atoms with E-state index >= 15 is 0 Å². The molecule has 3 rings (SSSR count). The summed E-state index contributed by atoms with van der Waals surface area (Å²) in [7, 11) is 0. The minimum Gasteiger partial charge on any atom is -0.465 e. The molecule has 6 heteroatoms. The van der Waals surface area contributed by atoms with Crippen molar-refractivity contribution in [3.05, 3.63) is 35.3 Å². The first-order valence-corrected chi connectivity index (χ1v) is 7.83. The topological polar surface area (TPSA) is 43.3 Å². The van der Waals surface area contributed by atoms with Gasteiger partial charge in [0.2, 0.25) is 0 Å². The summed E-state index contributed by atoms with van der Waals surface area (Å²) >= 11 is 5.76. The van der Waals surface area contributed by atoms with Crippen molar-refractivity contribution >= 4 is 28.6 Å². The summed E-state index contributed by atoms with van der Waals surface area (Å²) < 4.78 is 20.6. The molecule has 4 nitrogen and oxygen atoms in total. The van der Waals surface area contributed by atoms with E-state index in [-0.39, 0.29) is 24.4 Å². The molecule has 1 aliphatic rings. The van der Waals surface area contributed by atoms with E-state index in [1.165, 1.54) is 12.1 Å². The summed E-state index contributed by atoms with van der Waals surface area (Å²) in [5.74, 6) is -0.548. The highest BCUT2D eigenvalue weighted by Crippen LogP contribution is 2.33. The predicted molar refractivity (Wildman–Crippen MR) is 83.3 cm³/mol. The molecule has 0 aliphatic heterocycles. The maximum absolute atomic E-state index is 13.6. The zero-order valence-electron chi connectivity index (χ0n) is 12.4. The number of fused-ring (bicyclic) bond motifs is 3. The van der Waals surface area contributed by atoms with Gasteiger partial charge in [0.25, 0.3) is 0 Å². The number of hydrogen-bond acceptors (Lipinski definition) is 3. The van der Waals surface area contributed by atoms with E-state index in [4.69, 9.17) is 16.5 Å². The van der Waals surface area contributed by atoms with Gasteiger partial charge in [-0.05, 0) is 61.7 Å². The van der Waals surface area contributed by atoms with Gasteiger partial charge in [0.15, 0.2) is 0 Å². The van der Waals surface area contributed by atoms with Gasteiger partial charge in [-0.15, -0.1) is 0 Å². The second-order valence-corrected chi connectivity index (χ2v) is 5.74. The van der Waals surface area contributed by atoms with Crippen molar-refractivity contribution in [1.29, 1.82) is 0 Å². The second kappa shape index (κ2) is 6.26. The van der Waals surface area contributed by atoms with E-state index < -0.39 is 0 Å². The Balaban J connectivity index is 2.09. The van der Waals surface area contributed by atoms with Crippen molar-refractivity contribution in [2.24, 2.45) is 0 Å². The molecule has 0 amide bonds. The van der Waals surface area contributed by atoms with E-state index in [0.29, 0.717) is 6.61 Å². The van der Waals surface area contributed by atoms with Gasteiger partial charge in [0.1, 0.15) is 12.4 Å². The van der Waals surface area contributed by atoms with Crippen LogP contribution in [-0.2, 0) is 28.9 Å². The van der Waals surface area contributed by atoms with Crippen LogP contribution in [-0.4, -0.2) is 23.2 Å². The van der Waals surface area contributed by atoms with Crippen LogP contribution in [0.5, 0.6) is 0 Å². The highest BCUT2D eigenvalue weighted by molar-refractivity contribution is 6.13. The molecule has 0 spiro atoms. The largest absolute Gasteiger partial charge is 0.465 e. The van der Waals surface area contributed by atoms with Gasteiger partial charge in [0, 0.05) is 22.6 Å². The van der Waals surface area contributed by atoms with Crippen molar-refractivity contribution < 1.29 is 13.9 Å². The molecule has 1 atom stereocenters. The summed E-state index contributed by atoms with van der Waals surface area (Å²) in [5.41, 5.74) is 3.02. The Hall–Kier alpha value is -1.59. The Kier molecular flexibility index (Phi) is 4.36. The number of carbonyl (C=O) groups excluding carboxylic acids is 1. The fourth-order valence-corrected chi connectivity index (χ4v) is 3.42. The zero-order chi connectivity index (χ0) is 15.7. The van der Waals surface area contributed by atoms with Crippen molar-refractivity contribution in [2.75, 3.05) is 6.61 Å². The molecule has 0 saturated carbocycles. The van der Waals surface area contributed by atoms with Gasteiger partial charge < -0.3 is 9.30 Å². The quantitative estimate of drug-likeness (QED) is 0.694. The third kappa shape index (κ3) is 2.71. The van der Waals surface area contributed by atoms with Crippen LogP contribution in [0.4, 0.5) is 4.39 Å². The fraction of sp³-hybridized carbons (Fsp3) is 0.438. The molecule has 22 heavy (non-hydrogen) atoms. The van der Waals surface area contributed by atoms with Crippen LogP contribution in [0, 0.1) is 5.82 Å². The van der Waals surface area contributed by atoms with Crippen LogP contribution in [0.1, 0.15) is 24.6 Å². The fourth-order valence-electron chi connectivity index (χ4n) is 3.23. The number of nitrogens with one attached hydrogen (secondary N) is 1. The van der Waals surface area contributed by atoms with Crippen LogP contribution >= 0.6 is 11.8 Å². The molecule has 1 aliphatic carbocycles. The Morgan fingerprint density at radius 3 is 3.09 bits per heavy atom. The van der Waals surface area contributed by atoms with Crippen LogP contribution in [0.25, 0.3) is 10.9 Å². The number of benzene rings is 1. The zero-order valence-corrected chi connectivity index (χ0v) is 13.1. The highest BCUT2D eigenvalue weighted by Gasteiger charge is 2.26. The van der Waals surface area contributed by atoms with Gasteiger partial charge in [0.05, 0.1) is 6.61 Å². The number of halogens is 2. The van der Waals surface area contributed by atoms with Gasteiger partial charge in [-0.2, -0.15) is 0 Å². The Morgan fingerprint density at radius 2 is 2.36 bits per heavy atom. The standard InChI is InChI=1S/C16H18ClFN2O2/c1-2-22-16(21)9-20-14-5-3-10(18)7-12(14)13-8-11(19-17)4-6-15(13)20/h3,5,7,11,19H,2,4,6,8-9H2,1H3/t11-/m1/s1. The molecule has 118 valence electrons. The minimum absolute atomic E-state index is 0.157. The van der Waals surface area contributed by atoms with Gasteiger partial charge in [-0.3, -0.25) is 4.79 Å². The van der Waals surface area contributed by atoms with Gasteiger partial charge in [-0.25, -0.2) is 9.23 Å². The Labute approximate surface area is 133 Å². The van der Waals surface area contributed by atoms with Crippen molar-refractivity contribution in [3.63, 3.8) is 0 Å². The summed E-state index contributed by atoms with van der Waals surface area (Å²) in [6, 6.07) is 4.85. The number of carbonyl (C=O) groups is 1. The lowest BCUT2D eigenvalue weighted by Gasteiger charge is -2.22. The first-order valence-electron chi connectivity index (χ1n) is 7.45. The summed E-state index contributed by atoms with van der Waals surface area (Å²) in [5, 5.41) is 0.857. The number of rotatable bonds is 4. The van der Waals surface area contributed by atoms with E-state index in [0.717, 1.165) is 41.4 Å². The first-order chi connectivity index (χ1) is 10.6. The third-order valence-electron chi connectivity index (χ3n) is 4.18. The summed E-state index contributed by atoms with van der Waals surface area (Å²) in [6.45, 7) is 2.30. The van der Waals surface area contributed by atoms with Crippen molar-refractivity contribution in [2.45, 2.75) is 38.8 Å². The second-order valence-electron chi connectivity index (χ2n) is 5.53. The summed E-state index contributed by atoms with van der Waals surface area (Å²) in [4.78, 5) is 14.6. The lowest BCUT2D eigenvalue weighted by molar-refractivity contribution is -0.143. The normalized spacial score (nSPS) is 17.5. The highest BCUT2D eigenvalue weighted by atomic mass is 35.5. The van der Waals surface area contributed by atoms with Crippen LogP contribution < -0.4 is 4.84 Å². The van der Waals surface area contributed by atoms with Gasteiger partial charge in [-0.1, -0.05) is 0 Å². The Bertz CT molecular complexity index is 714. The number of nitrogens with zero attached hydrogens (tertiary/aromatic N) is 1. The molecule has 2 aromatic rings. The molecule has 0 unspecified atom stereocenters. The predicted octanol–water partition coefficient (Wildman–Crippen LogP) is 2.94. The smallest absolute Gasteiger partial charge is 0.325 e. The molecule has 1 heterocycles.